The number of alkyl carbamates (subject to hydrolysis) is 1. The van der Waals surface area contributed by atoms with Crippen LogP contribution in [0.15, 0.2) is 91.1 Å². The van der Waals surface area contributed by atoms with Gasteiger partial charge >= 0.3 is 12.2 Å². The van der Waals surface area contributed by atoms with E-state index in [2.05, 4.69) is 22.4 Å². The number of carbonyl (C=O) groups is 2. The molecule has 2 aromatic heterocycles. The Balaban J connectivity index is 1.09. The smallest absolute Gasteiger partial charge is 0.410 e. The van der Waals surface area contributed by atoms with E-state index in [-0.39, 0.29) is 12.7 Å². The Morgan fingerprint density at radius 3 is 2.21 bits per heavy atom. The maximum absolute atomic E-state index is 12.7. The Hall–Kier alpha value is -4.62. The molecule has 52 heavy (non-hydrogen) atoms. The van der Waals surface area contributed by atoms with Crippen molar-refractivity contribution in [3.05, 3.63) is 107 Å². The Morgan fingerprint density at radius 2 is 1.58 bits per heavy atom. The molecule has 5 aromatic rings. The molecular weight excluding hydrogens is 697 g/mol. The zero-order chi connectivity index (χ0) is 36.5. The van der Waals surface area contributed by atoms with E-state index in [1.165, 1.54) is 11.3 Å². The lowest BCUT2D eigenvalue weighted by atomic mass is 9.69. The van der Waals surface area contributed by atoms with Crippen LogP contribution in [0.25, 0.3) is 31.6 Å². The van der Waals surface area contributed by atoms with Crippen molar-refractivity contribution in [1.82, 2.24) is 20.2 Å². The largest absolute Gasteiger partial charge is 0.445 e. The number of amides is 2. The molecule has 7 rings (SSSR count). The lowest BCUT2D eigenvalue weighted by molar-refractivity contribution is -0.0257. The van der Waals surface area contributed by atoms with E-state index in [9.17, 15) is 19.8 Å². The molecule has 2 aliphatic rings. The van der Waals surface area contributed by atoms with Crippen molar-refractivity contribution in [1.29, 1.82) is 0 Å². The lowest BCUT2D eigenvalue weighted by Gasteiger charge is -2.46. The predicted molar refractivity (Wildman–Crippen MR) is 202 cm³/mol. The predicted octanol–water partition coefficient (Wildman–Crippen LogP) is 8.10. The van der Waals surface area contributed by atoms with Gasteiger partial charge < -0.3 is 29.9 Å². The second-order valence-electron chi connectivity index (χ2n) is 14.5. The SMILES string of the molecule is CC(C)(C)OC(=O)N[C@]1(c2ccc(-c3nc(-c4cnc(C5(O)CCN(C(=O)OCc6ccccc6)CC5)s4)sc3-c3ccccc3)cc2)C[C@@H](O)C1. The summed E-state index contributed by atoms with van der Waals surface area (Å²) in [5.41, 5.74) is 2.06. The molecule has 270 valence electrons. The summed E-state index contributed by atoms with van der Waals surface area (Å²) in [6.45, 7) is 6.40. The highest BCUT2D eigenvalue weighted by Gasteiger charge is 2.47. The third-order valence-electron chi connectivity index (χ3n) is 9.45. The first-order chi connectivity index (χ1) is 24.9. The minimum Gasteiger partial charge on any atom is -0.445 e. The zero-order valence-corrected chi connectivity index (χ0v) is 31.0. The van der Waals surface area contributed by atoms with E-state index in [0.717, 1.165) is 42.7 Å². The van der Waals surface area contributed by atoms with Crippen molar-refractivity contribution in [2.24, 2.45) is 0 Å². The van der Waals surface area contributed by atoms with Crippen LogP contribution in [0.3, 0.4) is 0 Å². The van der Waals surface area contributed by atoms with Gasteiger partial charge in [-0.25, -0.2) is 19.6 Å². The van der Waals surface area contributed by atoms with Gasteiger partial charge in [-0.15, -0.1) is 22.7 Å². The molecule has 2 amide bonds. The number of piperidine rings is 1. The topological polar surface area (TPSA) is 134 Å². The molecule has 3 heterocycles. The second kappa shape index (κ2) is 14.4. The van der Waals surface area contributed by atoms with Gasteiger partial charge in [-0.2, -0.15) is 0 Å². The Kier molecular flexibility index (Phi) is 9.92. The van der Waals surface area contributed by atoms with Crippen LogP contribution in [-0.2, 0) is 27.2 Å². The molecule has 10 nitrogen and oxygen atoms in total. The van der Waals surface area contributed by atoms with Crippen LogP contribution >= 0.6 is 22.7 Å². The fourth-order valence-electron chi connectivity index (χ4n) is 6.68. The number of thiazole rings is 2. The fourth-order valence-corrected chi connectivity index (χ4v) is 8.87. The van der Waals surface area contributed by atoms with Gasteiger partial charge in [0.15, 0.2) is 0 Å². The van der Waals surface area contributed by atoms with Crippen molar-refractivity contribution < 1.29 is 29.3 Å². The van der Waals surface area contributed by atoms with Gasteiger partial charge in [0.2, 0.25) is 0 Å². The highest BCUT2D eigenvalue weighted by atomic mass is 32.1. The fraction of sp³-hybridized carbons (Fsp3) is 0.350. The third kappa shape index (κ3) is 7.75. The van der Waals surface area contributed by atoms with Crippen LogP contribution in [0.1, 0.15) is 62.6 Å². The number of nitrogens with one attached hydrogen (secondary N) is 1. The van der Waals surface area contributed by atoms with Crippen LogP contribution in [0.4, 0.5) is 9.59 Å². The molecule has 0 atom stereocenters. The minimum atomic E-state index is -1.16. The molecule has 3 aromatic carbocycles. The Labute approximate surface area is 311 Å². The molecule has 1 aliphatic carbocycles. The molecule has 0 radical (unpaired) electrons. The average molecular weight is 739 g/mol. The van der Waals surface area contributed by atoms with Crippen molar-refractivity contribution in [2.45, 2.75) is 75.9 Å². The van der Waals surface area contributed by atoms with Crippen LogP contribution in [0.5, 0.6) is 0 Å². The third-order valence-corrected chi connectivity index (χ3v) is 11.9. The van der Waals surface area contributed by atoms with Crippen molar-refractivity contribution in [3.63, 3.8) is 0 Å². The van der Waals surface area contributed by atoms with E-state index in [4.69, 9.17) is 14.5 Å². The molecule has 2 fully saturated rings. The highest BCUT2D eigenvalue weighted by molar-refractivity contribution is 7.23. The summed E-state index contributed by atoms with van der Waals surface area (Å²) in [5, 5.41) is 26.3. The van der Waals surface area contributed by atoms with E-state index >= 15 is 0 Å². The van der Waals surface area contributed by atoms with Crippen LogP contribution < -0.4 is 5.32 Å². The van der Waals surface area contributed by atoms with Gasteiger partial charge in [0.05, 0.1) is 27.1 Å². The first-order valence-electron chi connectivity index (χ1n) is 17.4. The number of hydrogen-bond donors (Lipinski definition) is 3. The number of ether oxygens (including phenoxy) is 2. The molecule has 1 saturated heterocycles. The van der Waals surface area contributed by atoms with Crippen LogP contribution in [0, 0.1) is 0 Å². The number of aromatic nitrogens is 2. The molecule has 0 unspecified atom stereocenters. The summed E-state index contributed by atoms with van der Waals surface area (Å²) < 4.78 is 11.0. The molecule has 12 heteroatoms. The standard InChI is InChI=1S/C40H42N4O6S2/c1-38(2,3)50-36(46)43-39(22-30(45)23-39)29-16-14-27(15-17-29)32-33(28-12-8-5-9-13-28)52-34(42-32)31-24-41-35(51-31)40(48)18-20-44(21-19-40)37(47)49-25-26-10-6-4-7-11-26/h4-17,24,30,45,48H,18-23,25H2,1-3H3,(H,43,46)/t30-,39-. The quantitative estimate of drug-likeness (QED) is 0.146. The van der Waals surface area contributed by atoms with Gasteiger partial charge in [0.1, 0.15) is 27.8 Å². The molecule has 3 N–H and O–H groups in total. The average Bonchev–Trinajstić information content (AvgIpc) is 3.80. The van der Waals surface area contributed by atoms with Crippen LogP contribution in [-0.4, -0.2) is 62.1 Å². The number of aliphatic hydroxyl groups excluding tert-OH is 1. The Bertz CT molecular complexity index is 2010. The van der Waals surface area contributed by atoms with Gasteiger partial charge in [0.25, 0.3) is 0 Å². The first kappa shape index (κ1) is 35.8. The van der Waals surface area contributed by atoms with E-state index in [1.807, 2.05) is 93.6 Å². The van der Waals surface area contributed by atoms with Gasteiger partial charge in [0, 0.05) is 50.5 Å². The van der Waals surface area contributed by atoms with Gasteiger partial charge in [-0.05, 0) is 37.5 Å². The highest BCUT2D eigenvalue weighted by Crippen LogP contribution is 2.46. The summed E-state index contributed by atoms with van der Waals surface area (Å²) in [7, 11) is 0. The molecule has 1 aliphatic heterocycles. The number of hydrogen-bond acceptors (Lipinski definition) is 10. The van der Waals surface area contributed by atoms with E-state index in [1.54, 1.807) is 22.4 Å². The summed E-state index contributed by atoms with van der Waals surface area (Å²) >= 11 is 2.99. The van der Waals surface area contributed by atoms with Crippen molar-refractivity contribution in [2.75, 3.05) is 13.1 Å². The maximum atomic E-state index is 12.7. The molecule has 0 bridgehead atoms. The summed E-state index contributed by atoms with van der Waals surface area (Å²) in [6.07, 6.45) is 1.88. The van der Waals surface area contributed by atoms with Crippen LogP contribution in [0.2, 0.25) is 0 Å². The first-order valence-corrected chi connectivity index (χ1v) is 19.0. The maximum Gasteiger partial charge on any atom is 0.410 e. The molecule has 1 saturated carbocycles. The minimum absolute atomic E-state index is 0.206. The lowest BCUT2D eigenvalue weighted by Crippen LogP contribution is -2.57. The monoisotopic (exact) mass is 738 g/mol. The van der Waals surface area contributed by atoms with E-state index in [0.29, 0.717) is 43.8 Å². The summed E-state index contributed by atoms with van der Waals surface area (Å²) in [5.74, 6) is 0. The number of carbonyl (C=O) groups excluding carboxylic acids is 2. The number of aliphatic hydroxyl groups is 2. The summed E-state index contributed by atoms with van der Waals surface area (Å²) in [6, 6.07) is 27.6. The van der Waals surface area contributed by atoms with Gasteiger partial charge in [-0.3, -0.25) is 0 Å². The molecular formula is C40H42N4O6S2. The number of benzene rings is 3. The molecule has 0 spiro atoms. The van der Waals surface area contributed by atoms with E-state index < -0.39 is 28.9 Å². The van der Waals surface area contributed by atoms with Crippen molar-refractivity contribution >= 4 is 34.9 Å². The zero-order valence-electron chi connectivity index (χ0n) is 29.4. The van der Waals surface area contributed by atoms with Gasteiger partial charge in [-0.1, -0.05) is 84.9 Å². The number of likely N-dealkylation sites (tertiary alicyclic amines) is 1. The number of rotatable bonds is 8. The number of nitrogens with zero attached hydrogens (tertiary/aromatic N) is 3. The Morgan fingerprint density at radius 1 is 0.923 bits per heavy atom. The normalized spacial score (nSPS) is 19.8. The summed E-state index contributed by atoms with van der Waals surface area (Å²) in [4.78, 5) is 38.7. The second-order valence-corrected chi connectivity index (χ2v) is 16.5. The van der Waals surface area contributed by atoms with Crippen molar-refractivity contribution in [3.8, 4) is 31.6 Å².